The molecule has 3 heteroatoms. The van der Waals surface area contributed by atoms with Crippen molar-refractivity contribution in [2.24, 2.45) is 16.2 Å². The molecular formula is C17H34O3. The maximum absolute atomic E-state index is 12.8. The zero-order chi connectivity index (χ0) is 16.4. The first kappa shape index (κ1) is 19.4. The van der Waals surface area contributed by atoms with Crippen LogP contribution in [-0.4, -0.2) is 18.4 Å². The molecule has 0 N–H and O–H groups in total. The van der Waals surface area contributed by atoms with Gasteiger partial charge in [-0.25, -0.2) is 0 Å². The summed E-state index contributed by atoms with van der Waals surface area (Å²) in [6.45, 7) is 20.7. The highest BCUT2D eigenvalue weighted by molar-refractivity contribution is 5.77. The number of hydrogen-bond donors (Lipinski definition) is 0. The van der Waals surface area contributed by atoms with E-state index in [1.165, 1.54) is 0 Å². The van der Waals surface area contributed by atoms with Gasteiger partial charge in [-0.15, -0.1) is 0 Å². The monoisotopic (exact) mass is 286 g/mol. The minimum atomic E-state index is -0.879. The summed E-state index contributed by atoms with van der Waals surface area (Å²) in [6, 6.07) is 0. The first-order chi connectivity index (χ1) is 8.65. The molecule has 0 aliphatic rings. The summed E-state index contributed by atoms with van der Waals surface area (Å²) in [5, 5.41) is 0. The molecule has 120 valence electrons. The molecule has 0 saturated carbocycles. The number of esters is 1. The Hall–Kier alpha value is -0.570. The molecule has 0 fully saturated rings. The van der Waals surface area contributed by atoms with E-state index in [1.54, 1.807) is 13.8 Å². The summed E-state index contributed by atoms with van der Waals surface area (Å²) >= 11 is 0. The highest BCUT2D eigenvalue weighted by Gasteiger charge is 2.49. The molecule has 0 aliphatic heterocycles. The number of carbonyl (C=O) groups excluding carboxylic acids is 1. The molecule has 0 spiro atoms. The molecule has 0 heterocycles. The van der Waals surface area contributed by atoms with E-state index in [2.05, 4.69) is 41.5 Å². The highest BCUT2D eigenvalue weighted by atomic mass is 16.7. The van der Waals surface area contributed by atoms with Gasteiger partial charge < -0.3 is 9.47 Å². The minimum Gasteiger partial charge on any atom is -0.433 e. The van der Waals surface area contributed by atoms with Crippen molar-refractivity contribution in [3.8, 4) is 0 Å². The van der Waals surface area contributed by atoms with Crippen molar-refractivity contribution < 1.29 is 14.3 Å². The van der Waals surface area contributed by atoms with Crippen LogP contribution in [0.15, 0.2) is 0 Å². The lowest BCUT2D eigenvalue weighted by Gasteiger charge is -2.44. The molecule has 0 rings (SSSR count). The topological polar surface area (TPSA) is 35.5 Å². The molecule has 0 saturated heterocycles. The Bertz CT molecular complexity index is 331. The van der Waals surface area contributed by atoms with E-state index in [0.717, 1.165) is 6.42 Å². The largest absolute Gasteiger partial charge is 0.433 e. The summed E-state index contributed by atoms with van der Waals surface area (Å²) in [5.41, 5.74) is -0.684. The molecule has 0 radical (unpaired) electrons. The number of ether oxygens (including phenoxy) is 2. The standard InChI is InChI=1S/C17H34O3/c1-11-19-16(8,9)20-13(18)17(10,15(5,6)7)12-14(2,3)4/h11-12H2,1-10H3. The van der Waals surface area contributed by atoms with Gasteiger partial charge in [-0.1, -0.05) is 41.5 Å². The molecule has 3 nitrogen and oxygen atoms in total. The second-order valence-electron chi connectivity index (χ2n) is 8.54. The number of rotatable bonds is 5. The fourth-order valence-electron chi connectivity index (χ4n) is 2.42. The normalized spacial score (nSPS) is 16.7. The number of hydrogen-bond acceptors (Lipinski definition) is 3. The van der Waals surface area contributed by atoms with E-state index in [4.69, 9.17) is 9.47 Å². The van der Waals surface area contributed by atoms with Crippen LogP contribution in [-0.2, 0) is 14.3 Å². The van der Waals surface area contributed by atoms with E-state index in [1.807, 2.05) is 13.8 Å². The van der Waals surface area contributed by atoms with E-state index in [0.29, 0.717) is 6.61 Å². The molecule has 0 amide bonds. The zero-order valence-corrected chi connectivity index (χ0v) is 15.1. The Morgan fingerprint density at radius 2 is 1.35 bits per heavy atom. The molecule has 20 heavy (non-hydrogen) atoms. The lowest BCUT2D eigenvalue weighted by atomic mass is 9.61. The van der Waals surface area contributed by atoms with E-state index in [9.17, 15) is 4.79 Å². The highest BCUT2D eigenvalue weighted by Crippen LogP contribution is 2.47. The van der Waals surface area contributed by atoms with E-state index >= 15 is 0 Å². The Morgan fingerprint density at radius 1 is 0.900 bits per heavy atom. The van der Waals surface area contributed by atoms with Gasteiger partial charge in [0, 0.05) is 20.5 Å². The molecule has 0 bridgehead atoms. The van der Waals surface area contributed by atoms with Crippen LogP contribution < -0.4 is 0 Å². The Kier molecular flexibility index (Phi) is 5.87. The average Bonchev–Trinajstić information content (AvgIpc) is 2.11. The molecule has 0 aromatic heterocycles. The van der Waals surface area contributed by atoms with Gasteiger partial charge in [-0.2, -0.15) is 0 Å². The zero-order valence-electron chi connectivity index (χ0n) is 15.1. The van der Waals surface area contributed by atoms with Gasteiger partial charge in [-0.05, 0) is 31.1 Å². The van der Waals surface area contributed by atoms with Crippen molar-refractivity contribution in [2.45, 2.75) is 81.4 Å². The van der Waals surface area contributed by atoms with Crippen LogP contribution in [0, 0.1) is 16.2 Å². The molecule has 0 aliphatic carbocycles. The molecule has 0 aromatic rings. The average molecular weight is 286 g/mol. The van der Waals surface area contributed by atoms with Crippen LogP contribution >= 0.6 is 0 Å². The van der Waals surface area contributed by atoms with Crippen molar-refractivity contribution in [1.82, 2.24) is 0 Å². The maximum atomic E-state index is 12.8. The summed E-state index contributed by atoms with van der Waals surface area (Å²) in [6.07, 6.45) is 0.768. The summed E-state index contributed by atoms with van der Waals surface area (Å²) in [5.74, 6) is -1.06. The lowest BCUT2D eigenvalue weighted by molar-refractivity contribution is -0.228. The Balaban J connectivity index is 5.31. The smallest absolute Gasteiger partial charge is 0.314 e. The van der Waals surface area contributed by atoms with Crippen molar-refractivity contribution in [1.29, 1.82) is 0 Å². The van der Waals surface area contributed by atoms with Gasteiger partial charge in [0.05, 0.1) is 5.41 Å². The fourth-order valence-corrected chi connectivity index (χ4v) is 2.42. The van der Waals surface area contributed by atoms with E-state index in [-0.39, 0.29) is 16.8 Å². The third kappa shape index (κ3) is 5.43. The van der Waals surface area contributed by atoms with Gasteiger partial charge in [0.15, 0.2) is 0 Å². The van der Waals surface area contributed by atoms with Gasteiger partial charge >= 0.3 is 5.97 Å². The third-order valence-electron chi connectivity index (χ3n) is 3.82. The maximum Gasteiger partial charge on any atom is 0.314 e. The van der Waals surface area contributed by atoms with Crippen LogP contribution in [0.2, 0.25) is 0 Å². The SMILES string of the molecule is CCOC(C)(C)OC(=O)C(C)(CC(C)(C)C)C(C)(C)C. The summed E-state index contributed by atoms with van der Waals surface area (Å²) in [7, 11) is 0. The van der Waals surface area contributed by atoms with Crippen LogP contribution in [0.1, 0.15) is 75.7 Å². The summed E-state index contributed by atoms with van der Waals surface area (Å²) < 4.78 is 11.1. The fraction of sp³-hybridized carbons (Fsp3) is 0.941. The van der Waals surface area contributed by atoms with Gasteiger partial charge in [0.1, 0.15) is 0 Å². The van der Waals surface area contributed by atoms with Crippen molar-refractivity contribution >= 4 is 5.97 Å². The third-order valence-corrected chi connectivity index (χ3v) is 3.82. The quantitative estimate of drug-likeness (QED) is 0.538. The van der Waals surface area contributed by atoms with Crippen LogP contribution in [0.3, 0.4) is 0 Å². The van der Waals surface area contributed by atoms with Gasteiger partial charge in [-0.3, -0.25) is 4.79 Å². The minimum absolute atomic E-state index is 0.0524. The van der Waals surface area contributed by atoms with Crippen LogP contribution in [0.25, 0.3) is 0 Å². The lowest BCUT2D eigenvalue weighted by Crippen LogP contribution is -2.47. The van der Waals surface area contributed by atoms with E-state index < -0.39 is 11.2 Å². The Morgan fingerprint density at radius 3 is 1.65 bits per heavy atom. The molecule has 0 aromatic carbocycles. The molecule has 1 atom stereocenters. The first-order valence-corrected chi connectivity index (χ1v) is 7.52. The predicted molar refractivity (Wildman–Crippen MR) is 83.4 cm³/mol. The van der Waals surface area contributed by atoms with Gasteiger partial charge in [0.25, 0.3) is 0 Å². The second-order valence-corrected chi connectivity index (χ2v) is 8.54. The van der Waals surface area contributed by atoms with Crippen LogP contribution in [0.4, 0.5) is 0 Å². The van der Waals surface area contributed by atoms with Crippen LogP contribution in [0.5, 0.6) is 0 Å². The second kappa shape index (κ2) is 6.05. The summed E-state index contributed by atoms with van der Waals surface area (Å²) in [4.78, 5) is 12.8. The number of carbonyl (C=O) groups is 1. The van der Waals surface area contributed by atoms with Gasteiger partial charge in [0.2, 0.25) is 5.79 Å². The van der Waals surface area contributed by atoms with Crippen molar-refractivity contribution in [3.05, 3.63) is 0 Å². The molecular weight excluding hydrogens is 252 g/mol. The van der Waals surface area contributed by atoms with Crippen molar-refractivity contribution in [2.75, 3.05) is 6.61 Å². The predicted octanol–water partition coefficient (Wildman–Crippen LogP) is 4.79. The first-order valence-electron chi connectivity index (χ1n) is 7.52. The molecule has 1 unspecified atom stereocenters. The van der Waals surface area contributed by atoms with Crippen molar-refractivity contribution in [3.63, 3.8) is 0 Å². The Labute approximate surface area is 125 Å².